The summed E-state index contributed by atoms with van der Waals surface area (Å²) in [5.74, 6) is -5.36. The molecule has 2 fully saturated rings. The van der Waals surface area contributed by atoms with E-state index < -0.39 is 70.1 Å². The average Bonchev–Trinajstić information content (AvgIpc) is 3.28. The van der Waals surface area contributed by atoms with E-state index >= 15 is 0 Å². The first-order valence-corrected chi connectivity index (χ1v) is 14.7. The van der Waals surface area contributed by atoms with Gasteiger partial charge in [-0.3, -0.25) is 14.4 Å². The molecule has 1 spiro atoms. The Morgan fingerprint density at radius 2 is 1.82 bits per heavy atom. The number of carbonyl (C=O) groups is 3. The molecule has 0 aliphatic carbocycles. The molecule has 1 aromatic heterocycles. The summed E-state index contributed by atoms with van der Waals surface area (Å²) in [7, 11) is 0. The minimum Gasteiger partial charge on any atom is -0.483 e. The van der Waals surface area contributed by atoms with Gasteiger partial charge in [-0.2, -0.15) is 0 Å². The van der Waals surface area contributed by atoms with Crippen LogP contribution in [0.3, 0.4) is 0 Å². The number of benzene rings is 2. The molecule has 236 valence electrons. The maximum atomic E-state index is 14.3. The van der Waals surface area contributed by atoms with Crippen molar-refractivity contribution in [3.05, 3.63) is 98.7 Å². The standard InChI is InChI=1S/C32H31F3N4O6/c1-3-37-17-32(45-31(37)43)10-9-18(2)38-15-25(32)39-14-22(29(41)36-13-21-23(34)11-20(33)12-24(21)35)27(40)28(26(39)30(38)42)44-16-19-7-5-4-6-8-19/h4-8,11-12,14,18,25H,3,9-10,13,15-17H2,1-2H3,(H,36,41)/t18-,25+,32+/m0/s1. The summed E-state index contributed by atoms with van der Waals surface area (Å²) in [6.07, 6.45) is 1.66. The highest BCUT2D eigenvalue weighted by Gasteiger charge is 2.56. The van der Waals surface area contributed by atoms with Crippen molar-refractivity contribution in [1.29, 1.82) is 0 Å². The molecule has 2 saturated heterocycles. The van der Waals surface area contributed by atoms with Gasteiger partial charge in [-0.1, -0.05) is 30.3 Å². The number of hydrogen-bond donors (Lipinski definition) is 1. The molecule has 1 N–H and O–H groups in total. The zero-order chi connectivity index (χ0) is 32.0. The van der Waals surface area contributed by atoms with Gasteiger partial charge in [-0.05, 0) is 32.3 Å². The Hall–Kier alpha value is -4.81. The van der Waals surface area contributed by atoms with E-state index in [4.69, 9.17) is 9.47 Å². The van der Waals surface area contributed by atoms with Crippen LogP contribution in [0.1, 0.15) is 64.7 Å². The number of hydrogen-bond acceptors (Lipinski definition) is 6. The highest BCUT2D eigenvalue weighted by Crippen LogP contribution is 2.45. The Morgan fingerprint density at radius 3 is 2.49 bits per heavy atom. The van der Waals surface area contributed by atoms with Crippen LogP contribution in [-0.4, -0.2) is 63.6 Å². The zero-order valence-electron chi connectivity index (χ0n) is 24.6. The lowest BCUT2D eigenvalue weighted by Gasteiger charge is -2.42. The van der Waals surface area contributed by atoms with E-state index in [1.165, 1.54) is 10.8 Å². The van der Waals surface area contributed by atoms with Crippen molar-refractivity contribution in [3.8, 4) is 5.75 Å². The fourth-order valence-corrected chi connectivity index (χ4v) is 6.36. The van der Waals surface area contributed by atoms with Gasteiger partial charge in [0.15, 0.2) is 17.0 Å². The predicted molar refractivity (Wildman–Crippen MR) is 154 cm³/mol. The van der Waals surface area contributed by atoms with Gasteiger partial charge in [0.25, 0.3) is 11.8 Å². The van der Waals surface area contributed by atoms with E-state index in [9.17, 15) is 32.3 Å². The molecule has 10 nitrogen and oxygen atoms in total. The summed E-state index contributed by atoms with van der Waals surface area (Å²) in [5, 5.41) is 2.34. The molecule has 13 heteroatoms. The molecule has 0 radical (unpaired) electrons. The third kappa shape index (κ3) is 5.29. The van der Waals surface area contributed by atoms with Crippen molar-refractivity contribution in [2.75, 3.05) is 19.6 Å². The van der Waals surface area contributed by atoms with Crippen molar-refractivity contribution in [3.63, 3.8) is 0 Å². The number of amides is 3. The van der Waals surface area contributed by atoms with Crippen molar-refractivity contribution in [1.82, 2.24) is 19.7 Å². The lowest BCUT2D eigenvalue weighted by Crippen LogP contribution is -2.53. The maximum absolute atomic E-state index is 14.3. The number of aromatic nitrogens is 1. The van der Waals surface area contributed by atoms with Gasteiger partial charge in [-0.25, -0.2) is 18.0 Å². The fourth-order valence-electron chi connectivity index (χ4n) is 6.36. The number of nitrogens with one attached hydrogen (secondary N) is 1. The van der Waals surface area contributed by atoms with E-state index in [1.54, 1.807) is 34.1 Å². The molecule has 0 unspecified atom stereocenters. The minimum atomic E-state index is -1.20. The normalized spacial score (nSPS) is 22.2. The van der Waals surface area contributed by atoms with Crippen molar-refractivity contribution < 1.29 is 37.0 Å². The second kappa shape index (κ2) is 11.6. The summed E-state index contributed by atoms with van der Waals surface area (Å²) in [6, 6.07) is 8.95. The second-order valence-corrected chi connectivity index (χ2v) is 11.6. The average molecular weight is 625 g/mol. The topological polar surface area (TPSA) is 110 Å². The van der Waals surface area contributed by atoms with E-state index in [1.807, 2.05) is 19.9 Å². The molecule has 4 heterocycles. The number of halogens is 3. The minimum absolute atomic E-state index is 0.0847. The third-order valence-electron chi connectivity index (χ3n) is 8.88. The smallest absolute Gasteiger partial charge is 0.410 e. The number of likely N-dealkylation sites (N-methyl/N-ethyl adjacent to an activating group) is 1. The van der Waals surface area contributed by atoms with Gasteiger partial charge < -0.3 is 29.2 Å². The van der Waals surface area contributed by atoms with Crippen LogP contribution in [0, 0.1) is 17.5 Å². The molecular formula is C32H31F3N4O6. The SMILES string of the molecule is CCN1C[C@@]2(CC[C@H](C)N3C[C@H]2n2cc(C(=O)NCc4c(F)cc(F)cc4F)c(=O)c(OCc4ccccc4)c2C3=O)OC1=O. The third-order valence-corrected chi connectivity index (χ3v) is 8.88. The van der Waals surface area contributed by atoms with Gasteiger partial charge in [-0.15, -0.1) is 0 Å². The number of rotatable bonds is 7. The molecule has 3 aliphatic heterocycles. The van der Waals surface area contributed by atoms with Gasteiger partial charge in [0.1, 0.15) is 29.6 Å². The van der Waals surface area contributed by atoms with Gasteiger partial charge >= 0.3 is 6.09 Å². The quantitative estimate of drug-likeness (QED) is 0.423. The Labute approximate surface area is 256 Å². The van der Waals surface area contributed by atoms with Crippen molar-refractivity contribution in [2.24, 2.45) is 0 Å². The second-order valence-electron chi connectivity index (χ2n) is 11.6. The van der Waals surface area contributed by atoms with Crippen LogP contribution in [0.5, 0.6) is 5.75 Å². The maximum Gasteiger partial charge on any atom is 0.410 e. The zero-order valence-corrected chi connectivity index (χ0v) is 24.6. The molecule has 6 rings (SSSR count). The Kier molecular flexibility index (Phi) is 7.79. The Bertz CT molecular complexity index is 1730. The van der Waals surface area contributed by atoms with Crippen LogP contribution in [0.15, 0.2) is 53.5 Å². The largest absolute Gasteiger partial charge is 0.483 e. The lowest BCUT2D eigenvalue weighted by molar-refractivity contribution is -0.00237. The Balaban J connectivity index is 1.47. The van der Waals surface area contributed by atoms with E-state index in [2.05, 4.69) is 5.32 Å². The fraction of sp³-hybridized carbons (Fsp3) is 0.375. The first kappa shape index (κ1) is 30.2. The van der Waals surface area contributed by atoms with Gasteiger partial charge in [0.05, 0.1) is 12.6 Å². The highest BCUT2D eigenvalue weighted by atomic mass is 19.1. The van der Waals surface area contributed by atoms with Crippen LogP contribution < -0.4 is 15.5 Å². The monoisotopic (exact) mass is 624 g/mol. The molecule has 0 saturated carbocycles. The molecular weight excluding hydrogens is 593 g/mol. The molecule has 2 aromatic carbocycles. The number of fused-ring (bicyclic) bond motifs is 5. The Morgan fingerprint density at radius 1 is 1.11 bits per heavy atom. The van der Waals surface area contributed by atoms with E-state index in [0.29, 0.717) is 37.1 Å². The van der Waals surface area contributed by atoms with Crippen LogP contribution >= 0.6 is 0 Å². The number of pyridine rings is 1. The summed E-state index contributed by atoms with van der Waals surface area (Å²) < 4.78 is 55.6. The van der Waals surface area contributed by atoms with Crippen molar-refractivity contribution in [2.45, 2.75) is 57.5 Å². The van der Waals surface area contributed by atoms with Crippen LogP contribution in [0.25, 0.3) is 0 Å². The van der Waals surface area contributed by atoms with Gasteiger partial charge in [0, 0.05) is 49.6 Å². The number of ether oxygens (including phenoxy) is 2. The first-order valence-electron chi connectivity index (χ1n) is 14.7. The summed E-state index contributed by atoms with van der Waals surface area (Å²) in [6.45, 7) is 3.71. The van der Waals surface area contributed by atoms with Crippen LogP contribution in [0.4, 0.5) is 18.0 Å². The number of nitrogens with zero attached hydrogens (tertiary/aromatic N) is 3. The van der Waals surface area contributed by atoms with Crippen LogP contribution in [-0.2, 0) is 17.9 Å². The van der Waals surface area contributed by atoms with Crippen LogP contribution in [0.2, 0.25) is 0 Å². The summed E-state index contributed by atoms with van der Waals surface area (Å²) in [4.78, 5) is 57.5. The van der Waals surface area contributed by atoms with Gasteiger partial charge in [0.2, 0.25) is 5.43 Å². The molecule has 3 aromatic rings. The first-order chi connectivity index (χ1) is 21.5. The van der Waals surface area contributed by atoms with Crippen molar-refractivity contribution >= 4 is 17.9 Å². The van der Waals surface area contributed by atoms with E-state index in [0.717, 1.165) is 0 Å². The summed E-state index contributed by atoms with van der Waals surface area (Å²) in [5.41, 5.74) is -2.41. The summed E-state index contributed by atoms with van der Waals surface area (Å²) >= 11 is 0. The molecule has 2 bridgehead atoms. The molecule has 3 aliphatic rings. The highest BCUT2D eigenvalue weighted by molar-refractivity contribution is 5.99. The number of carbonyl (C=O) groups excluding carboxylic acids is 3. The lowest BCUT2D eigenvalue weighted by atomic mass is 9.88. The molecule has 45 heavy (non-hydrogen) atoms. The molecule has 3 atom stereocenters. The van der Waals surface area contributed by atoms with E-state index in [-0.39, 0.29) is 37.2 Å². The molecule has 3 amide bonds. The predicted octanol–water partition coefficient (Wildman–Crippen LogP) is 4.16.